The van der Waals surface area contributed by atoms with Crippen LogP contribution < -0.4 is 5.32 Å². The normalized spacial score (nSPS) is 12.1. The number of aryl methyl sites for hydroxylation is 1. The number of hydrogen-bond acceptors (Lipinski definition) is 3. The highest BCUT2D eigenvalue weighted by Gasteiger charge is 2.17. The Hall–Kier alpha value is -1.81. The molecule has 2 aromatic rings. The third kappa shape index (κ3) is 3.58. The van der Waals surface area contributed by atoms with Crippen LogP contribution in [0.4, 0.5) is 0 Å². The molecule has 1 atom stereocenters. The minimum absolute atomic E-state index is 0.245. The number of nitrogens with one attached hydrogen (secondary N) is 1. The van der Waals surface area contributed by atoms with Crippen molar-refractivity contribution in [2.45, 2.75) is 25.3 Å². The molecule has 0 spiro atoms. The molecule has 1 aromatic carbocycles. The molecule has 0 bridgehead atoms. The smallest absolute Gasteiger partial charge is 0.243 e. The Morgan fingerprint density at radius 3 is 2.79 bits per heavy atom. The molecule has 0 aliphatic heterocycles. The van der Waals surface area contributed by atoms with E-state index in [0.29, 0.717) is 5.89 Å². The number of amides is 1. The Morgan fingerprint density at radius 1 is 1.42 bits per heavy atom. The van der Waals surface area contributed by atoms with Gasteiger partial charge in [-0.05, 0) is 5.56 Å². The first-order valence-electron chi connectivity index (χ1n) is 6.11. The molecule has 1 amide bonds. The Kier molecular flexibility index (Phi) is 4.58. The van der Waals surface area contributed by atoms with Gasteiger partial charge in [0, 0.05) is 6.42 Å². The van der Waals surface area contributed by atoms with Gasteiger partial charge in [-0.25, -0.2) is 4.98 Å². The lowest BCUT2D eigenvalue weighted by atomic mass is 10.1. The number of hydrogen-bond donors (Lipinski definition) is 1. The zero-order valence-electron chi connectivity index (χ0n) is 10.6. The van der Waals surface area contributed by atoms with Crippen molar-refractivity contribution in [2.75, 3.05) is 0 Å². The number of nitrogens with zero attached hydrogens (tertiary/aromatic N) is 1. The number of aromatic nitrogens is 1. The summed E-state index contributed by atoms with van der Waals surface area (Å²) in [5.74, 6) is 1.03. The minimum Gasteiger partial charge on any atom is -0.444 e. The first-order valence-corrected chi connectivity index (χ1v) is 6.54. The molecule has 0 saturated heterocycles. The van der Waals surface area contributed by atoms with Gasteiger partial charge in [-0.3, -0.25) is 4.79 Å². The minimum atomic E-state index is -0.707. The van der Waals surface area contributed by atoms with Gasteiger partial charge < -0.3 is 9.73 Å². The number of oxazole rings is 1. The summed E-state index contributed by atoms with van der Waals surface area (Å²) in [7, 11) is 0. The highest BCUT2D eigenvalue weighted by atomic mass is 35.5. The Labute approximate surface area is 116 Å². The molecule has 0 saturated carbocycles. The van der Waals surface area contributed by atoms with Crippen molar-refractivity contribution >= 4 is 17.5 Å². The molecule has 1 heterocycles. The summed E-state index contributed by atoms with van der Waals surface area (Å²) in [4.78, 5) is 15.9. The average molecular weight is 279 g/mol. The lowest BCUT2D eigenvalue weighted by molar-refractivity contribution is -0.121. The molecule has 2 rings (SSSR count). The van der Waals surface area contributed by atoms with Gasteiger partial charge in [-0.1, -0.05) is 37.3 Å². The highest BCUT2D eigenvalue weighted by Crippen LogP contribution is 2.20. The van der Waals surface area contributed by atoms with Crippen LogP contribution in [0.15, 0.2) is 40.9 Å². The average Bonchev–Trinajstić information content (AvgIpc) is 2.93. The van der Waals surface area contributed by atoms with Crippen molar-refractivity contribution in [1.29, 1.82) is 0 Å². The fourth-order valence-electron chi connectivity index (χ4n) is 1.62. The van der Waals surface area contributed by atoms with Crippen LogP contribution in [-0.2, 0) is 17.8 Å². The Bertz CT molecular complexity index is 539. The number of benzene rings is 1. The molecule has 5 heteroatoms. The van der Waals surface area contributed by atoms with E-state index in [9.17, 15) is 4.79 Å². The molecule has 1 unspecified atom stereocenters. The quantitative estimate of drug-likeness (QED) is 0.856. The van der Waals surface area contributed by atoms with Crippen LogP contribution in [0.5, 0.6) is 0 Å². The lowest BCUT2D eigenvalue weighted by Crippen LogP contribution is -2.26. The van der Waals surface area contributed by atoms with Crippen molar-refractivity contribution in [3.63, 3.8) is 0 Å². The van der Waals surface area contributed by atoms with E-state index in [1.165, 1.54) is 0 Å². The first-order chi connectivity index (χ1) is 9.20. The third-order valence-electron chi connectivity index (χ3n) is 2.69. The van der Waals surface area contributed by atoms with Gasteiger partial charge >= 0.3 is 0 Å². The zero-order valence-corrected chi connectivity index (χ0v) is 11.4. The van der Waals surface area contributed by atoms with Crippen LogP contribution >= 0.6 is 11.6 Å². The van der Waals surface area contributed by atoms with Crippen LogP contribution in [0.25, 0.3) is 0 Å². The second kappa shape index (κ2) is 6.38. The standard InChI is InChI=1S/C14H15ClN2O2/c1-2-11-8-16-12(19-11)9-17-14(18)13(15)10-6-4-3-5-7-10/h3-8,13H,2,9H2,1H3,(H,17,18). The van der Waals surface area contributed by atoms with Crippen molar-refractivity contribution < 1.29 is 9.21 Å². The SMILES string of the molecule is CCc1cnc(CNC(=O)C(Cl)c2ccccc2)o1. The first kappa shape index (κ1) is 13.6. The van der Waals surface area contributed by atoms with E-state index >= 15 is 0 Å². The summed E-state index contributed by atoms with van der Waals surface area (Å²) in [5, 5.41) is 2.00. The molecule has 4 nitrogen and oxygen atoms in total. The van der Waals surface area contributed by atoms with Gasteiger partial charge in [0.25, 0.3) is 0 Å². The topological polar surface area (TPSA) is 55.1 Å². The van der Waals surface area contributed by atoms with Gasteiger partial charge in [-0.15, -0.1) is 11.6 Å². The van der Waals surface area contributed by atoms with E-state index < -0.39 is 5.38 Å². The second-order valence-electron chi connectivity index (χ2n) is 4.06. The fourth-order valence-corrected chi connectivity index (χ4v) is 1.84. The molecular weight excluding hydrogens is 264 g/mol. The van der Waals surface area contributed by atoms with Crippen molar-refractivity contribution in [3.05, 3.63) is 53.7 Å². The van der Waals surface area contributed by atoms with E-state index in [0.717, 1.165) is 17.7 Å². The monoisotopic (exact) mass is 278 g/mol. The van der Waals surface area contributed by atoms with Crippen LogP contribution in [0, 0.1) is 0 Å². The predicted molar refractivity (Wildman–Crippen MR) is 72.8 cm³/mol. The molecule has 0 aliphatic rings. The fraction of sp³-hybridized carbons (Fsp3) is 0.286. The summed E-state index contributed by atoms with van der Waals surface area (Å²) in [5.41, 5.74) is 0.767. The van der Waals surface area contributed by atoms with E-state index in [2.05, 4.69) is 10.3 Å². The van der Waals surface area contributed by atoms with E-state index in [1.54, 1.807) is 6.20 Å². The highest BCUT2D eigenvalue weighted by molar-refractivity contribution is 6.30. The van der Waals surface area contributed by atoms with Crippen LogP contribution in [0.3, 0.4) is 0 Å². The van der Waals surface area contributed by atoms with Crippen molar-refractivity contribution in [3.8, 4) is 0 Å². The van der Waals surface area contributed by atoms with Crippen LogP contribution in [0.1, 0.15) is 29.5 Å². The summed E-state index contributed by atoms with van der Waals surface area (Å²) in [6.07, 6.45) is 2.44. The summed E-state index contributed by atoms with van der Waals surface area (Å²) >= 11 is 6.09. The maximum atomic E-state index is 11.9. The molecule has 0 radical (unpaired) electrons. The molecule has 0 aliphatic carbocycles. The Balaban J connectivity index is 1.91. The van der Waals surface area contributed by atoms with Gasteiger partial charge in [0.15, 0.2) is 0 Å². The molecule has 1 aromatic heterocycles. The predicted octanol–water partition coefficient (Wildman–Crippen LogP) is 2.83. The third-order valence-corrected chi connectivity index (χ3v) is 3.14. The largest absolute Gasteiger partial charge is 0.444 e. The van der Waals surface area contributed by atoms with Crippen LogP contribution in [0.2, 0.25) is 0 Å². The van der Waals surface area contributed by atoms with Crippen LogP contribution in [-0.4, -0.2) is 10.9 Å². The second-order valence-corrected chi connectivity index (χ2v) is 4.50. The molecule has 19 heavy (non-hydrogen) atoms. The number of rotatable bonds is 5. The number of alkyl halides is 1. The molecular formula is C14H15ClN2O2. The van der Waals surface area contributed by atoms with E-state index in [4.69, 9.17) is 16.0 Å². The van der Waals surface area contributed by atoms with Gasteiger partial charge in [-0.2, -0.15) is 0 Å². The number of halogens is 1. The number of carbonyl (C=O) groups excluding carboxylic acids is 1. The van der Waals surface area contributed by atoms with Crippen molar-refractivity contribution in [2.24, 2.45) is 0 Å². The maximum Gasteiger partial charge on any atom is 0.243 e. The molecule has 1 N–H and O–H groups in total. The Morgan fingerprint density at radius 2 is 2.16 bits per heavy atom. The maximum absolute atomic E-state index is 11.9. The van der Waals surface area contributed by atoms with E-state index in [-0.39, 0.29) is 12.5 Å². The summed E-state index contributed by atoms with van der Waals surface area (Å²) < 4.78 is 5.40. The molecule has 0 fully saturated rings. The zero-order chi connectivity index (χ0) is 13.7. The number of carbonyl (C=O) groups is 1. The summed E-state index contributed by atoms with van der Waals surface area (Å²) in [6, 6.07) is 9.21. The van der Waals surface area contributed by atoms with Crippen molar-refractivity contribution in [1.82, 2.24) is 10.3 Å². The van der Waals surface area contributed by atoms with Gasteiger partial charge in [0.2, 0.25) is 11.8 Å². The lowest BCUT2D eigenvalue weighted by Gasteiger charge is -2.09. The van der Waals surface area contributed by atoms with E-state index in [1.807, 2.05) is 37.3 Å². The molecule has 100 valence electrons. The summed E-state index contributed by atoms with van der Waals surface area (Å²) in [6.45, 7) is 2.22. The van der Waals surface area contributed by atoms with Gasteiger partial charge in [0.1, 0.15) is 11.1 Å². The van der Waals surface area contributed by atoms with Gasteiger partial charge in [0.05, 0.1) is 12.7 Å².